The molecule has 0 aliphatic carbocycles. The Balaban J connectivity index is 3.91. The molecule has 0 spiro atoms. The summed E-state index contributed by atoms with van der Waals surface area (Å²) in [4.78, 5) is 8.65. The van der Waals surface area contributed by atoms with Crippen LogP contribution in [0.15, 0.2) is 0 Å². The van der Waals surface area contributed by atoms with E-state index in [4.69, 9.17) is 10.4 Å². The number of quaternary nitrogens is 1. The Morgan fingerprint density at radius 1 is 1.62 bits per heavy atom. The number of amides is 1. The molecule has 0 aromatic rings. The quantitative estimate of drug-likeness (QED) is 0.294. The van der Waals surface area contributed by atoms with E-state index >= 15 is 0 Å². The molecule has 0 heterocycles. The Bertz CT molecular complexity index is 99.5. The Morgan fingerprint density at radius 3 is 2.00 bits per heavy atom. The van der Waals surface area contributed by atoms with Gasteiger partial charge in [-0.3, -0.25) is 0 Å². The zero-order valence-corrected chi connectivity index (χ0v) is 4.96. The summed E-state index contributed by atoms with van der Waals surface area (Å²) in [6.07, 6.45) is 0. The molecule has 2 N–H and O–H groups in total. The Morgan fingerprint density at radius 2 is 2.00 bits per heavy atom. The lowest BCUT2D eigenvalue weighted by Gasteiger charge is -2.12. The van der Waals surface area contributed by atoms with Gasteiger partial charge in [-0.15, -0.1) is 0 Å². The number of nitrogens with zero attached hydrogens (tertiary/aromatic N) is 1. The van der Waals surface area contributed by atoms with Gasteiger partial charge in [0.25, 0.3) is 0 Å². The maximum absolute atomic E-state index is 10.2. The van der Waals surface area contributed by atoms with Crippen LogP contribution >= 0.6 is 0 Å². The maximum atomic E-state index is 10.2. The lowest BCUT2D eigenvalue weighted by atomic mass is 10.6. The van der Waals surface area contributed by atoms with E-state index in [1.807, 2.05) is 0 Å². The fraction of sp³-hybridized carbons (Fsp3) is 0.750. The van der Waals surface area contributed by atoms with Crippen LogP contribution in [0.25, 0.3) is 0 Å². The van der Waals surface area contributed by atoms with Gasteiger partial charge < -0.3 is 0 Å². The minimum atomic E-state index is -1.51. The molecule has 0 rings (SSSR count). The first-order valence-corrected chi connectivity index (χ1v) is 2.35. The molecular formula is C4H10NO3+. The molecular weight excluding hydrogens is 110 g/mol. The molecule has 0 atom stereocenters. The van der Waals surface area contributed by atoms with Crippen LogP contribution in [0.4, 0.5) is 0 Å². The number of carbonyl (C=O) groups excluding carboxylic acids is 1. The average molecular weight is 120 g/mol. The van der Waals surface area contributed by atoms with Gasteiger partial charge in [0.05, 0.1) is 6.92 Å². The molecule has 0 saturated heterocycles. The molecule has 0 aromatic carbocycles. The number of hydroxylamine groups is 4. The van der Waals surface area contributed by atoms with Gasteiger partial charge in [0.2, 0.25) is 0 Å². The van der Waals surface area contributed by atoms with Crippen molar-refractivity contribution in [3.8, 4) is 0 Å². The molecule has 0 radical (unpaired) electrons. The normalized spacial score (nSPS) is 11.5. The number of rotatable bonds is 1. The van der Waals surface area contributed by atoms with Crippen molar-refractivity contribution in [1.82, 2.24) is 0 Å². The molecule has 0 saturated carbocycles. The van der Waals surface area contributed by atoms with Crippen LogP contribution in [-0.2, 0) is 4.79 Å². The average Bonchev–Trinajstić information content (AvgIpc) is 1.67. The highest BCUT2D eigenvalue weighted by Gasteiger charge is 2.26. The summed E-state index contributed by atoms with van der Waals surface area (Å²) in [6.45, 7) is 2.60. The van der Waals surface area contributed by atoms with Crippen LogP contribution in [-0.4, -0.2) is 27.7 Å². The maximum Gasteiger partial charge on any atom is 0.375 e. The molecule has 0 aromatic heterocycles. The SMILES string of the molecule is CC[N+](O)(O)C(C)=O. The minimum Gasteiger partial charge on any atom is -0.224 e. The van der Waals surface area contributed by atoms with Crippen molar-refractivity contribution in [1.29, 1.82) is 0 Å². The van der Waals surface area contributed by atoms with Gasteiger partial charge in [-0.1, -0.05) is 0 Å². The first-order valence-electron chi connectivity index (χ1n) is 2.35. The number of carbonyl (C=O) groups is 1. The molecule has 48 valence electrons. The van der Waals surface area contributed by atoms with Crippen LogP contribution in [0.1, 0.15) is 13.8 Å². The van der Waals surface area contributed by atoms with Crippen LogP contribution in [0.3, 0.4) is 0 Å². The lowest BCUT2D eigenvalue weighted by molar-refractivity contribution is -1.19. The fourth-order valence-electron chi connectivity index (χ4n) is 0.223. The van der Waals surface area contributed by atoms with Crippen LogP contribution in [0.2, 0.25) is 0 Å². The second kappa shape index (κ2) is 2.21. The van der Waals surface area contributed by atoms with E-state index in [-0.39, 0.29) is 6.54 Å². The van der Waals surface area contributed by atoms with Crippen LogP contribution in [0, 0.1) is 0 Å². The van der Waals surface area contributed by atoms with Gasteiger partial charge >= 0.3 is 5.91 Å². The molecule has 1 amide bonds. The van der Waals surface area contributed by atoms with Crippen molar-refractivity contribution < 1.29 is 20.0 Å². The van der Waals surface area contributed by atoms with Crippen LogP contribution < -0.4 is 0 Å². The second-order valence-electron chi connectivity index (χ2n) is 1.57. The van der Waals surface area contributed by atoms with E-state index in [1.54, 1.807) is 0 Å². The van der Waals surface area contributed by atoms with Crippen molar-refractivity contribution in [2.24, 2.45) is 0 Å². The third-order valence-electron chi connectivity index (χ3n) is 0.945. The first-order chi connectivity index (χ1) is 3.50. The van der Waals surface area contributed by atoms with E-state index in [9.17, 15) is 4.79 Å². The zero-order valence-electron chi connectivity index (χ0n) is 4.96. The van der Waals surface area contributed by atoms with E-state index in [2.05, 4.69) is 0 Å². The summed E-state index contributed by atoms with van der Waals surface area (Å²) in [5.41, 5.74) is 0. The minimum absolute atomic E-state index is 0.0185. The molecule has 0 unspecified atom stereocenters. The van der Waals surface area contributed by atoms with Gasteiger partial charge in [-0.25, -0.2) is 4.79 Å². The lowest BCUT2D eigenvalue weighted by Crippen LogP contribution is -2.44. The van der Waals surface area contributed by atoms with E-state index in [0.29, 0.717) is 0 Å². The Labute approximate surface area is 47.5 Å². The summed E-state index contributed by atoms with van der Waals surface area (Å²) < 4.78 is 0. The highest BCUT2D eigenvalue weighted by Crippen LogP contribution is 1.93. The van der Waals surface area contributed by atoms with Gasteiger partial charge in [0.15, 0.2) is 0 Å². The molecule has 4 heteroatoms. The van der Waals surface area contributed by atoms with E-state index in [0.717, 1.165) is 6.92 Å². The van der Waals surface area contributed by atoms with Gasteiger partial charge in [-0.05, 0) is 6.92 Å². The third-order valence-corrected chi connectivity index (χ3v) is 0.945. The molecule has 0 bridgehead atoms. The predicted octanol–water partition coefficient (Wildman–Crippen LogP) is 0.148. The van der Waals surface area contributed by atoms with Crippen molar-refractivity contribution in [2.45, 2.75) is 13.8 Å². The first kappa shape index (κ1) is 7.55. The van der Waals surface area contributed by atoms with Crippen LogP contribution in [0.5, 0.6) is 0 Å². The van der Waals surface area contributed by atoms with Crippen molar-refractivity contribution in [2.75, 3.05) is 6.54 Å². The van der Waals surface area contributed by atoms with Gasteiger partial charge in [0, 0.05) is 4.81 Å². The highest BCUT2D eigenvalue weighted by molar-refractivity contribution is 5.63. The number of hydrogen-bond donors (Lipinski definition) is 2. The summed E-state index contributed by atoms with van der Waals surface area (Å²) in [5, 5.41) is 17.1. The summed E-state index contributed by atoms with van der Waals surface area (Å²) >= 11 is 0. The summed E-state index contributed by atoms with van der Waals surface area (Å²) in [6, 6.07) is 0. The number of hydrogen-bond acceptors (Lipinski definition) is 3. The fourth-order valence-corrected chi connectivity index (χ4v) is 0.223. The zero-order chi connectivity index (χ0) is 6.78. The van der Waals surface area contributed by atoms with E-state index < -0.39 is 10.7 Å². The van der Waals surface area contributed by atoms with Gasteiger partial charge in [-0.2, -0.15) is 10.4 Å². The van der Waals surface area contributed by atoms with E-state index in [1.165, 1.54) is 6.92 Å². The Kier molecular flexibility index (Phi) is 2.09. The summed E-state index contributed by atoms with van der Waals surface area (Å²) in [5.74, 6) is -0.674. The monoisotopic (exact) mass is 120 g/mol. The molecule has 8 heavy (non-hydrogen) atoms. The van der Waals surface area contributed by atoms with Crippen molar-refractivity contribution >= 4 is 5.91 Å². The molecule has 0 aliphatic heterocycles. The third kappa shape index (κ3) is 1.57. The molecule has 4 nitrogen and oxygen atoms in total. The predicted molar refractivity (Wildman–Crippen MR) is 25.1 cm³/mol. The molecule has 0 aliphatic rings. The largest absolute Gasteiger partial charge is 0.375 e. The highest BCUT2D eigenvalue weighted by atomic mass is 16.8. The smallest absolute Gasteiger partial charge is 0.224 e. The standard InChI is InChI=1S/C4H10NO3/c1-3-5(7,8)4(2)6/h7-8H,3H2,1-2H3/q+1. The van der Waals surface area contributed by atoms with Crippen molar-refractivity contribution in [3.05, 3.63) is 0 Å². The topological polar surface area (TPSA) is 57.5 Å². The molecule has 0 fully saturated rings. The van der Waals surface area contributed by atoms with Crippen molar-refractivity contribution in [3.63, 3.8) is 0 Å². The Hall–Kier alpha value is -0.450. The van der Waals surface area contributed by atoms with Gasteiger partial charge in [0.1, 0.15) is 6.54 Å². The second-order valence-corrected chi connectivity index (χ2v) is 1.57. The summed E-state index contributed by atoms with van der Waals surface area (Å²) in [7, 11) is 0.